The molecular weight excluding hydrogens is 353 g/mol. The van der Waals surface area contributed by atoms with E-state index in [4.69, 9.17) is 32.7 Å². The predicted molar refractivity (Wildman–Crippen MR) is 90.5 cm³/mol. The summed E-state index contributed by atoms with van der Waals surface area (Å²) in [6, 6.07) is 5.13. The van der Waals surface area contributed by atoms with E-state index in [1.807, 2.05) is 0 Å². The SMILES string of the molecule is CC1(C(=O)C(=Cc2ccc(Cl)c(Cl)c2)n2cncn2)COCOC1. The van der Waals surface area contributed by atoms with Gasteiger partial charge in [0.05, 0.1) is 28.7 Å². The number of hydrogen-bond donors (Lipinski definition) is 0. The van der Waals surface area contributed by atoms with Gasteiger partial charge in [-0.2, -0.15) is 5.10 Å². The molecule has 1 aliphatic heterocycles. The Hall–Kier alpha value is -1.73. The highest BCUT2D eigenvalue weighted by Crippen LogP contribution is 2.30. The van der Waals surface area contributed by atoms with Crippen molar-refractivity contribution in [3.8, 4) is 0 Å². The first-order valence-electron chi connectivity index (χ1n) is 7.22. The summed E-state index contributed by atoms with van der Waals surface area (Å²) >= 11 is 12.0. The van der Waals surface area contributed by atoms with Crippen LogP contribution in [0.2, 0.25) is 10.0 Å². The lowest BCUT2D eigenvalue weighted by atomic mass is 9.85. The van der Waals surface area contributed by atoms with Crippen molar-refractivity contribution in [2.24, 2.45) is 5.41 Å². The molecular formula is C16H15Cl2N3O3. The van der Waals surface area contributed by atoms with Gasteiger partial charge in [-0.1, -0.05) is 29.3 Å². The maximum atomic E-state index is 13.1. The van der Waals surface area contributed by atoms with Crippen LogP contribution in [0.1, 0.15) is 12.5 Å². The van der Waals surface area contributed by atoms with Crippen molar-refractivity contribution in [3.05, 3.63) is 46.5 Å². The maximum absolute atomic E-state index is 13.1. The van der Waals surface area contributed by atoms with Crippen LogP contribution in [0, 0.1) is 5.41 Å². The summed E-state index contributed by atoms with van der Waals surface area (Å²) in [6.07, 6.45) is 4.53. The molecule has 0 bridgehead atoms. The van der Waals surface area contributed by atoms with E-state index < -0.39 is 5.41 Å². The number of ether oxygens (including phenoxy) is 2. The van der Waals surface area contributed by atoms with Gasteiger partial charge in [0, 0.05) is 0 Å². The molecule has 2 heterocycles. The van der Waals surface area contributed by atoms with Crippen LogP contribution in [0.3, 0.4) is 0 Å². The second kappa shape index (κ2) is 7.03. The van der Waals surface area contributed by atoms with E-state index in [0.29, 0.717) is 15.7 Å². The Balaban J connectivity index is 2.02. The molecule has 1 aromatic heterocycles. The van der Waals surface area contributed by atoms with Gasteiger partial charge in [0.25, 0.3) is 0 Å². The highest BCUT2D eigenvalue weighted by molar-refractivity contribution is 6.42. The number of aromatic nitrogens is 3. The maximum Gasteiger partial charge on any atom is 0.191 e. The number of carbonyl (C=O) groups is 1. The predicted octanol–water partition coefficient (Wildman–Crippen LogP) is 3.16. The number of ketones is 1. The molecule has 1 aliphatic rings. The lowest BCUT2D eigenvalue weighted by molar-refractivity contribution is -0.168. The summed E-state index contributed by atoms with van der Waals surface area (Å²) in [5.74, 6) is -0.154. The molecule has 2 aromatic rings. The fourth-order valence-corrected chi connectivity index (χ4v) is 2.71. The van der Waals surface area contributed by atoms with Gasteiger partial charge in [0.15, 0.2) is 5.78 Å². The second-order valence-electron chi connectivity index (χ2n) is 5.75. The summed E-state index contributed by atoms with van der Waals surface area (Å²) in [5, 5.41) is 4.93. The van der Waals surface area contributed by atoms with E-state index in [9.17, 15) is 4.79 Å². The van der Waals surface area contributed by atoms with Crippen molar-refractivity contribution < 1.29 is 14.3 Å². The first-order chi connectivity index (χ1) is 11.5. The van der Waals surface area contributed by atoms with Crippen LogP contribution in [-0.4, -0.2) is 40.6 Å². The van der Waals surface area contributed by atoms with E-state index >= 15 is 0 Å². The van der Waals surface area contributed by atoms with Gasteiger partial charge in [0.2, 0.25) is 0 Å². The lowest BCUT2D eigenvalue weighted by Crippen LogP contribution is -2.42. The Morgan fingerprint density at radius 2 is 2.04 bits per heavy atom. The molecule has 3 rings (SSSR count). The van der Waals surface area contributed by atoms with Gasteiger partial charge in [-0.15, -0.1) is 0 Å². The zero-order valence-electron chi connectivity index (χ0n) is 12.9. The second-order valence-corrected chi connectivity index (χ2v) is 6.56. The molecule has 24 heavy (non-hydrogen) atoms. The Labute approximate surface area is 149 Å². The number of carbonyl (C=O) groups excluding carboxylic acids is 1. The minimum Gasteiger partial charge on any atom is -0.354 e. The van der Waals surface area contributed by atoms with E-state index in [2.05, 4.69) is 10.1 Å². The van der Waals surface area contributed by atoms with Crippen molar-refractivity contribution in [3.63, 3.8) is 0 Å². The van der Waals surface area contributed by atoms with Crippen molar-refractivity contribution >= 4 is 40.8 Å². The zero-order valence-corrected chi connectivity index (χ0v) is 14.4. The minimum atomic E-state index is -0.799. The number of allylic oxidation sites excluding steroid dienone is 1. The molecule has 1 fully saturated rings. The van der Waals surface area contributed by atoms with Crippen LogP contribution in [0.5, 0.6) is 0 Å². The van der Waals surface area contributed by atoms with Crippen molar-refractivity contribution in [2.75, 3.05) is 20.0 Å². The highest BCUT2D eigenvalue weighted by atomic mass is 35.5. The van der Waals surface area contributed by atoms with Crippen molar-refractivity contribution in [1.82, 2.24) is 14.8 Å². The van der Waals surface area contributed by atoms with Crippen molar-refractivity contribution in [2.45, 2.75) is 6.92 Å². The summed E-state index contributed by atoms with van der Waals surface area (Å²) in [6.45, 7) is 2.55. The fraction of sp³-hybridized carbons (Fsp3) is 0.312. The number of hydrogen-bond acceptors (Lipinski definition) is 5. The molecule has 126 valence electrons. The third-order valence-electron chi connectivity index (χ3n) is 3.70. The molecule has 0 atom stereocenters. The first kappa shape index (κ1) is 17.1. The van der Waals surface area contributed by atoms with Crippen LogP contribution in [0.15, 0.2) is 30.9 Å². The molecule has 0 aliphatic carbocycles. The Morgan fingerprint density at radius 1 is 1.29 bits per heavy atom. The molecule has 6 nitrogen and oxygen atoms in total. The lowest BCUT2D eigenvalue weighted by Gasteiger charge is -2.32. The van der Waals surface area contributed by atoms with Gasteiger partial charge >= 0.3 is 0 Å². The summed E-state index contributed by atoms with van der Waals surface area (Å²) in [7, 11) is 0. The number of halogens is 2. The molecule has 1 saturated heterocycles. The average Bonchev–Trinajstić information content (AvgIpc) is 3.10. The quantitative estimate of drug-likeness (QED) is 0.776. The smallest absolute Gasteiger partial charge is 0.191 e. The van der Waals surface area contributed by atoms with Gasteiger partial charge < -0.3 is 9.47 Å². The Bertz CT molecular complexity index is 769. The molecule has 0 unspecified atom stereocenters. The van der Waals surface area contributed by atoms with Gasteiger partial charge in [-0.3, -0.25) is 4.79 Å². The zero-order chi connectivity index (χ0) is 17.2. The molecule has 0 amide bonds. The number of rotatable bonds is 4. The van der Waals surface area contributed by atoms with Gasteiger partial charge in [-0.05, 0) is 30.7 Å². The normalized spacial score (nSPS) is 17.7. The number of nitrogens with zero attached hydrogens (tertiary/aromatic N) is 3. The number of Topliss-reactive ketones (excluding diaryl/α,β-unsaturated/α-hetero) is 1. The average molecular weight is 368 g/mol. The van der Waals surface area contributed by atoms with Crippen molar-refractivity contribution in [1.29, 1.82) is 0 Å². The molecule has 0 saturated carbocycles. The van der Waals surface area contributed by atoms with E-state index in [-0.39, 0.29) is 25.8 Å². The van der Waals surface area contributed by atoms with E-state index in [1.54, 1.807) is 31.2 Å². The first-order valence-corrected chi connectivity index (χ1v) is 7.97. The molecule has 0 radical (unpaired) electrons. The molecule has 0 spiro atoms. The van der Waals surface area contributed by atoms with Crippen LogP contribution in [-0.2, 0) is 14.3 Å². The van der Waals surface area contributed by atoms with Crippen LogP contribution in [0.4, 0.5) is 0 Å². The summed E-state index contributed by atoms with van der Waals surface area (Å²) < 4.78 is 12.0. The van der Waals surface area contributed by atoms with Gasteiger partial charge in [0.1, 0.15) is 25.1 Å². The standard InChI is InChI=1S/C16H15Cl2N3O3/c1-16(6-23-10-24-7-16)15(22)14(21-9-19-8-20-21)5-11-2-3-12(17)13(18)4-11/h2-5,8-9H,6-7,10H2,1H3. The largest absolute Gasteiger partial charge is 0.354 e. The Kier molecular flexibility index (Phi) is 5.01. The topological polar surface area (TPSA) is 66.2 Å². The highest BCUT2D eigenvalue weighted by Gasteiger charge is 2.39. The third kappa shape index (κ3) is 3.52. The monoisotopic (exact) mass is 367 g/mol. The van der Waals surface area contributed by atoms with Crippen LogP contribution < -0.4 is 0 Å². The van der Waals surface area contributed by atoms with Gasteiger partial charge in [-0.25, -0.2) is 9.67 Å². The minimum absolute atomic E-state index is 0.154. The molecule has 1 aromatic carbocycles. The summed E-state index contributed by atoms with van der Waals surface area (Å²) in [5.41, 5.74) is 0.277. The summed E-state index contributed by atoms with van der Waals surface area (Å²) in [4.78, 5) is 17.0. The van der Waals surface area contributed by atoms with Crippen LogP contribution in [0.25, 0.3) is 11.8 Å². The third-order valence-corrected chi connectivity index (χ3v) is 4.44. The fourth-order valence-electron chi connectivity index (χ4n) is 2.40. The molecule has 0 N–H and O–H groups in total. The van der Waals surface area contributed by atoms with Crippen LogP contribution >= 0.6 is 23.2 Å². The van der Waals surface area contributed by atoms with E-state index in [0.717, 1.165) is 5.56 Å². The van der Waals surface area contributed by atoms with E-state index in [1.165, 1.54) is 17.3 Å². The molecule has 8 heteroatoms. The number of benzene rings is 1. The Morgan fingerprint density at radius 3 is 2.67 bits per heavy atom.